The Kier molecular flexibility index (Phi) is 4.35. The summed E-state index contributed by atoms with van der Waals surface area (Å²) in [5.74, 6) is -0.307. The molecule has 2 heterocycles. The van der Waals surface area contributed by atoms with Gasteiger partial charge in [-0.3, -0.25) is 25.1 Å². The number of nitrogens with zero attached hydrogens (tertiary/aromatic N) is 3. The number of aromatic nitrogens is 1. The van der Waals surface area contributed by atoms with E-state index in [2.05, 4.69) is 22.1 Å². The lowest BCUT2D eigenvalue weighted by molar-refractivity contribution is -0.384. The van der Waals surface area contributed by atoms with Crippen molar-refractivity contribution in [2.45, 2.75) is 19.9 Å². The van der Waals surface area contributed by atoms with Crippen molar-refractivity contribution in [1.29, 1.82) is 0 Å². The van der Waals surface area contributed by atoms with Crippen molar-refractivity contribution in [3.63, 3.8) is 0 Å². The number of fused-ring (bicyclic) bond motifs is 1. The summed E-state index contributed by atoms with van der Waals surface area (Å²) in [6, 6.07) is 5.53. The van der Waals surface area contributed by atoms with Gasteiger partial charge in [-0.05, 0) is 18.7 Å². The molecule has 2 aromatic rings. The van der Waals surface area contributed by atoms with Gasteiger partial charge in [0, 0.05) is 42.1 Å². The Bertz CT molecular complexity index is 742. The van der Waals surface area contributed by atoms with E-state index in [0.717, 1.165) is 31.7 Å². The fourth-order valence-corrected chi connectivity index (χ4v) is 3.52. The lowest BCUT2D eigenvalue weighted by Gasteiger charge is -2.23. The summed E-state index contributed by atoms with van der Waals surface area (Å²) >= 11 is 1.49. The van der Waals surface area contributed by atoms with Crippen molar-refractivity contribution < 1.29 is 9.72 Å². The summed E-state index contributed by atoms with van der Waals surface area (Å²) in [6.45, 7) is 4.99. The molecule has 1 N–H and O–H groups in total. The van der Waals surface area contributed by atoms with E-state index in [1.165, 1.54) is 40.5 Å². The van der Waals surface area contributed by atoms with Gasteiger partial charge >= 0.3 is 0 Å². The van der Waals surface area contributed by atoms with Crippen molar-refractivity contribution in [2.24, 2.45) is 0 Å². The van der Waals surface area contributed by atoms with Crippen LogP contribution < -0.4 is 5.32 Å². The second-order valence-corrected chi connectivity index (χ2v) is 6.35. The van der Waals surface area contributed by atoms with E-state index in [1.54, 1.807) is 0 Å². The van der Waals surface area contributed by atoms with Gasteiger partial charge in [0.1, 0.15) is 0 Å². The predicted octanol–water partition coefficient (Wildman–Crippen LogP) is 2.68. The van der Waals surface area contributed by atoms with Crippen LogP contribution in [-0.2, 0) is 13.0 Å². The van der Waals surface area contributed by atoms with Gasteiger partial charge in [-0.15, -0.1) is 11.3 Å². The molecule has 1 aromatic carbocycles. The molecule has 0 saturated heterocycles. The second-order valence-electron chi connectivity index (χ2n) is 5.27. The molecule has 0 bridgehead atoms. The van der Waals surface area contributed by atoms with Crippen molar-refractivity contribution in [2.75, 3.05) is 18.4 Å². The molecule has 1 aliphatic heterocycles. The number of amides is 1. The summed E-state index contributed by atoms with van der Waals surface area (Å²) in [7, 11) is 0. The number of hydrogen-bond donors (Lipinski definition) is 1. The molecule has 7 nitrogen and oxygen atoms in total. The molecule has 1 aromatic heterocycles. The Hall–Kier alpha value is -2.32. The SMILES string of the molecule is CCN1CCc2nc(NC(=O)c3ccc([N+](=O)[O-])cc3)sc2C1. The van der Waals surface area contributed by atoms with Gasteiger partial charge in [0.2, 0.25) is 0 Å². The van der Waals surface area contributed by atoms with Crippen LogP contribution in [0.1, 0.15) is 27.9 Å². The number of nitro groups is 1. The van der Waals surface area contributed by atoms with Gasteiger partial charge < -0.3 is 0 Å². The lowest BCUT2D eigenvalue weighted by atomic mass is 10.2. The molecule has 120 valence electrons. The number of carbonyl (C=O) groups excluding carboxylic acids is 1. The van der Waals surface area contributed by atoms with Gasteiger partial charge in [-0.25, -0.2) is 4.98 Å². The highest BCUT2D eigenvalue weighted by molar-refractivity contribution is 7.15. The number of thiazole rings is 1. The Morgan fingerprint density at radius 2 is 2.17 bits per heavy atom. The summed E-state index contributed by atoms with van der Waals surface area (Å²) in [5, 5.41) is 14.0. The number of hydrogen-bond acceptors (Lipinski definition) is 6. The zero-order chi connectivity index (χ0) is 16.4. The summed E-state index contributed by atoms with van der Waals surface area (Å²) in [5.41, 5.74) is 1.39. The van der Waals surface area contributed by atoms with Gasteiger partial charge in [0.15, 0.2) is 5.13 Å². The standard InChI is InChI=1S/C15H16N4O3S/c1-2-18-8-7-12-13(9-18)23-15(16-12)17-14(20)10-3-5-11(6-4-10)19(21)22/h3-6H,2,7-9H2,1H3,(H,16,17,20). The smallest absolute Gasteiger partial charge is 0.269 e. The van der Waals surface area contributed by atoms with E-state index < -0.39 is 4.92 Å². The number of nitrogens with one attached hydrogen (secondary N) is 1. The van der Waals surface area contributed by atoms with Crippen LogP contribution in [0.15, 0.2) is 24.3 Å². The number of carbonyl (C=O) groups is 1. The summed E-state index contributed by atoms with van der Waals surface area (Å²) < 4.78 is 0. The molecule has 1 aliphatic rings. The third-order valence-electron chi connectivity index (χ3n) is 3.82. The summed E-state index contributed by atoms with van der Waals surface area (Å²) in [6.07, 6.45) is 0.896. The number of nitro benzene ring substituents is 1. The molecule has 1 amide bonds. The average Bonchev–Trinajstić information content (AvgIpc) is 2.95. The largest absolute Gasteiger partial charge is 0.298 e. The third kappa shape index (κ3) is 3.38. The first kappa shape index (κ1) is 15.6. The van der Waals surface area contributed by atoms with E-state index in [0.29, 0.717) is 10.7 Å². The number of likely N-dealkylation sites (N-methyl/N-ethyl adjacent to an activating group) is 1. The van der Waals surface area contributed by atoms with Crippen molar-refractivity contribution in [1.82, 2.24) is 9.88 Å². The van der Waals surface area contributed by atoms with E-state index in [1.807, 2.05) is 0 Å². The van der Waals surface area contributed by atoms with Crippen LogP contribution >= 0.6 is 11.3 Å². The van der Waals surface area contributed by atoms with Crippen LogP contribution in [0.2, 0.25) is 0 Å². The maximum atomic E-state index is 12.2. The first-order valence-corrected chi connectivity index (χ1v) is 8.15. The van der Waals surface area contributed by atoms with Crippen molar-refractivity contribution >= 4 is 28.1 Å². The predicted molar refractivity (Wildman–Crippen MR) is 87.8 cm³/mol. The molecule has 0 aliphatic carbocycles. The number of rotatable bonds is 4. The van der Waals surface area contributed by atoms with Crippen molar-refractivity contribution in [3.05, 3.63) is 50.5 Å². The zero-order valence-corrected chi connectivity index (χ0v) is 13.4. The van der Waals surface area contributed by atoms with Crippen LogP contribution in [0.5, 0.6) is 0 Å². The Morgan fingerprint density at radius 1 is 1.43 bits per heavy atom. The third-order valence-corrected chi connectivity index (χ3v) is 4.82. The number of non-ortho nitro benzene ring substituents is 1. The van der Waals surface area contributed by atoms with Gasteiger partial charge in [0.25, 0.3) is 11.6 Å². The minimum absolute atomic E-state index is 0.0362. The van der Waals surface area contributed by atoms with Crippen LogP contribution in [-0.4, -0.2) is 33.8 Å². The van der Waals surface area contributed by atoms with E-state index >= 15 is 0 Å². The van der Waals surface area contributed by atoms with Crippen LogP contribution in [0.3, 0.4) is 0 Å². The maximum Gasteiger partial charge on any atom is 0.269 e. The first-order valence-electron chi connectivity index (χ1n) is 7.33. The highest BCUT2D eigenvalue weighted by Gasteiger charge is 2.20. The molecule has 8 heteroatoms. The fourth-order valence-electron chi connectivity index (χ4n) is 2.48. The Balaban J connectivity index is 1.71. The second kappa shape index (κ2) is 6.43. The minimum atomic E-state index is -0.490. The molecular weight excluding hydrogens is 316 g/mol. The molecule has 0 radical (unpaired) electrons. The monoisotopic (exact) mass is 332 g/mol. The normalized spacial score (nSPS) is 14.3. The van der Waals surface area contributed by atoms with Crippen molar-refractivity contribution in [3.8, 4) is 0 Å². The summed E-state index contributed by atoms with van der Waals surface area (Å²) in [4.78, 5) is 30.4. The zero-order valence-electron chi connectivity index (χ0n) is 12.6. The molecule has 0 atom stereocenters. The van der Waals surface area contributed by atoms with Crippen LogP contribution in [0, 0.1) is 10.1 Å². The minimum Gasteiger partial charge on any atom is -0.298 e. The highest BCUT2D eigenvalue weighted by atomic mass is 32.1. The molecule has 0 spiro atoms. The van der Waals surface area contributed by atoms with E-state index in [4.69, 9.17) is 0 Å². The quantitative estimate of drug-likeness (QED) is 0.687. The number of benzene rings is 1. The van der Waals surface area contributed by atoms with E-state index in [9.17, 15) is 14.9 Å². The molecule has 23 heavy (non-hydrogen) atoms. The van der Waals surface area contributed by atoms with Gasteiger partial charge in [0.05, 0.1) is 10.6 Å². The molecule has 3 rings (SSSR count). The Labute approximate surface area is 137 Å². The lowest BCUT2D eigenvalue weighted by Crippen LogP contribution is -2.29. The van der Waals surface area contributed by atoms with E-state index in [-0.39, 0.29) is 11.6 Å². The fraction of sp³-hybridized carbons (Fsp3) is 0.333. The molecule has 0 fully saturated rings. The van der Waals surface area contributed by atoms with Gasteiger partial charge in [-0.2, -0.15) is 0 Å². The molecular formula is C15H16N4O3S. The molecule has 0 unspecified atom stereocenters. The molecule has 0 saturated carbocycles. The van der Waals surface area contributed by atoms with Gasteiger partial charge in [-0.1, -0.05) is 6.92 Å². The Morgan fingerprint density at radius 3 is 2.83 bits per heavy atom. The average molecular weight is 332 g/mol. The topological polar surface area (TPSA) is 88.4 Å². The first-order chi connectivity index (χ1) is 11.1. The van der Waals surface area contributed by atoms with Crippen LogP contribution in [0.4, 0.5) is 10.8 Å². The maximum absolute atomic E-state index is 12.2. The highest BCUT2D eigenvalue weighted by Crippen LogP contribution is 2.28. The van der Waals surface area contributed by atoms with Crippen LogP contribution in [0.25, 0.3) is 0 Å². The number of anilines is 1.